The van der Waals surface area contributed by atoms with Gasteiger partial charge in [0.25, 0.3) is 5.69 Å². The number of halogens is 1. The number of nitrogens with zero attached hydrogens (tertiary/aromatic N) is 3. The Morgan fingerprint density at radius 1 is 1.57 bits per heavy atom. The van der Waals surface area contributed by atoms with Crippen molar-refractivity contribution in [3.8, 4) is 0 Å². The number of nitrogens with one attached hydrogen (secondary N) is 1. The highest BCUT2D eigenvalue weighted by atomic mass is 35.5. The Bertz CT molecular complexity index is 769. The van der Waals surface area contributed by atoms with Gasteiger partial charge in [-0.2, -0.15) is 4.98 Å². The first kappa shape index (κ1) is 15.8. The number of aryl methyl sites for hydroxylation is 1. The summed E-state index contributed by atoms with van der Waals surface area (Å²) < 4.78 is 30.6. The Hall–Kier alpha value is -1.56. The molecule has 2 heterocycles. The molecule has 2 rings (SSSR count). The zero-order valence-electron chi connectivity index (χ0n) is 10.6. The first-order valence-electron chi connectivity index (χ1n) is 5.52. The van der Waals surface area contributed by atoms with Crippen LogP contribution in [0.25, 0.3) is 0 Å². The number of aromatic nitrogens is 2. The number of sulfonamides is 1. The first-order chi connectivity index (χ1) is 9.79. The molecular weight excluding hydrogens is 344 g/mol. The third kappa shape index (κ3) is 3.75. The second-order valence-electron chi connectivity index (χ2n) is 3.86. The molecule has 0 aliphatic rings. The quantitative estimate of drug-likeness (QED) is 0.616. The van der Waals surface area contributed by atoms with Crippen LogP contribution in [0.4, 0.5) is 5.69 Å². The van der Waals surface area contributed by atoms with Crippen LogP contribution in [0, 0.1) is 17.0 Å². The fraction of sp³-hybridized carbons (Fsp3) is 0.333. The summed E-state index contributed by atoms with van der Waals surface area (Å²) in [6.45, 7) is 1.66. The van der Waals surface area contributed by atoms with Crippen molar-refractivity contribution < 1.29 is 17.9 Å². The Morgan fingerprint density at radius 3 is 2.81 bits per heavy atom. The zero-order valence-corrected chi connectivity index (χ0v) is 13.0. The van der Waals surface area contributed by atoms with E-state index in [9.17, 15) is 18.5 Å². The van der Waals surface area contributed by atoms with Crippen molar-refractivity contribution in [3.05, 3.63) is 32.2 Å². The molecule has 0 aromatic carbocycles. The van der Waals surface area contributed by atoms with Crippen LogP contribution in [0.2, 0.25) is 4.34 Å². The van der Waals surface area contributed by atoms with Gasteiger partial charge in [-0.25, -0.2) is 13.1 Å². The molecule has 0 fully saturated rings. The summed E-state index contributed by atoms with van der Waals surface area (Å²) in [5.74, 6) is 0.749. The fourth-order valence-electron chi connectivity index (χ4n) is 1.40. The normalized spacial score (nSPS) is 11.7. The number of nitro groups is 1. The Labute approximate surface area is 128 Å². The van der Waals surface area contributed by atoms with Gasteiger partial charge in [-0.1, -0.05) is 16.8 Å². The van der Waals surface area contributed by atoms with Crippen molar-refractivity contribution in [1.82, 2.24) is 14.9 Å². The van der Waals surface area contributed by atoms with Gasteiger partial charge in [-0.05, 0) is 6.92 Å². The van der Waals surface area contributed by atoms with Gasteiger partial charge in [0.15, 0.2) is 10.2 Å². The van der Waals surface area contributed by atoms with Crippen LogP contribution in [0.5, 0.6) is 0 Å². The minimum atomic E-state index is -3.87. The maximum atomic E-state index is 12.0. The molecule has 0 amide bonds. The maximum absolute atomic E-state index is 12.0. The SMILES string of the molecule is Cc1noc(CCNS(=O)(=O)c2cc([N+](=O)[O-])c(Cl)s2)n1. The lowest BCUT2D eigenvalue weighted by Gasteiger charge is -2.01. The average molecular weight is 353 g/mol. The summed E-state index contributed by atoms with van der Waals surface area (Å²) >= 11 is 6.25. The smallest absolute Gasteiger partial charge is 0.300 e. The van der Waals surface area contributed by atoms with Crippen molar-refractivity contribution >= 4 is 38.6 Å². The summed E-state index contributed by atoms with van der Waals surface area (Å²) in [6.07, 6.45) is 0.210. The average Bonchev–Trinajstić information content (AvgIpc) is 2.96. The molecule has 0 saturated carbocycles. The van der Waals surface area contributed by atoms with E-state index >= 15 is 0 Å². The van der Waals surface area contributed by atoms with Gasteiger partial charge in [0, 0.05) is 19.0 Å². The molecule has 0 radical (unpaired) electrons. The van der Waals surface area contributed by atoms with Crippen LogP contribution < -0.4 is 4.72 Å². The van der Waals surface area contributed by atoms with Crippen LogP contribution in [0.15, 0.2) is 14.8 Å². The largest absolute Gasteiger partial charge is 0.339 e. The second-order valence-corrected chi connectivity index (χ2v) is 7.51. The molecule has 0 unspecified atom stereocenters. The highest BCUT2D eigenvalue weighted by Crippen LogP contribution is 2.35. The van der Waals surface area contributed by atoms with E-state index in [4.69, 9.17) is 16.1 Å². The van der Waals surface area contributed by atoms with Crippen molar-refractivity contribution in [2.45, 2.75) is 17.6 Å². The molecule has 2 aromatic heterocycles. The van der Waals surface area contributed by atoms with Gasteiger partial charge < -0.3 is 4.52 Å². The molecule has 0 bridgehead atoms. The Balaban J connectivity index is 2.04. The summed E-state index contributed by atoms with van der Waals surface area (Å²) in [7, 11) is -3.87. The number of hydrogen-bond acceptors (Lipinski definition) is 8. The first-order valence-corrected chi connectivity index (χ1v) is 8.20. The predicted octanol–water partition coefficient (Wildman–Crippen LogP) is 1.52. The topological polar surface area (TPSA) is 128 Å². The van der Waals surface area contributed by atoms with Gasteiger partial charge in [0.1, 0.15) is 4.21 Å². The Kier molecular flexibility index (Phi) is 4.56. The third-order valence-electron chi connectivity index (χ3n) is 2.31. The van der Waals surface area contributed by atoms with E-state index in [1.165, 1.54) is 0 Å². The molecule has 0 aliphatic carbocycles. The van der Waals surface area contributed by atoms with Crippen LogP contribution in [-0.4, -0.2) is 30.0 Å². The van der Waals surface area contributed by atoms with E-state index in [0.29, 0.717) is 23.1 Å². The fourth-order valence-corrected chi connectivity index (χ4v) is 4.14. The van der Waals surface area contributed by atoms with Crippen LogP contribution >= 0.6 is 22.9 Å². The van der Waals surface area contributed by atoms with E-state index in [2.05, 4.69) is 14.9 Å². The van der Waals surface area contributed by atoms with Crippen molar-refractivity contribution in [1.29, 1.82) is 0 Å². The van der Waals surface area contributed by atoms with Crippen LogP contribution in [-0.2, 0) is 16.4 Å². The molecule has 0 spiro atoms. The molecule has 1 N–H and O–H groups in total. The molecule has 21 heavy (non-hydrogen) atoms. The summed E-state index contributed by atoms with van der Waals surface area (Å²) in [5, 5.41) is 14.2. The lowest BCUT2D eigenvalue weighted by molar-refractivity contribution is -0.384. The maximum Gasteiger partial charge on any atom is 0.300 e. The number of thiophene rings is 1. The second kappa shape index (κ2) is 6.05. The van der Waals surface area contributed by atoms with Gasteiger partial charge in [-0.15, -0.1) is 11.3 Å². The van der Waals surface area contributed by atoms with E-state index in [1.807, 2.05) is 0 Å². The van der Waals surface area contributed by atoms with Gasteiger partial charge in [0.2, 0.25) is 15.9 Å². The van der Waals surface area contributed by atoms with E-state index in [0.717, 1.165) is 6.07 Å². The summed E-state index contributed by atoms with van der Waals surface area (Å²) in [6, 6.07) is 0.923. The zero-order chi connectivity index (χ0) is 15.6. The van der Waals surface area contributed by atoms with Crippen molar-refractivity contribution in [2.75, 3.05) is 6.54 Å². The summed E-state index contributed by atoms with van der Waals surface area (Å²) in [4.78, 5) is 13.8. The lowest BCUT2D eigenvalue weighted by Crippen LogP contribution is -2.25. The minimum Gasteiger partial charge on any atom is -0.339 e. The number of rotatable bonds is 6. The molecule has 12 heteroatoms. The molecular formula is C9H9ClN4O5S2. The van der Waals surface area contributed by atoms with Gasteiger partial charge in [-0.3, -0.25) is 10.1 Å². The Morgan fingerprint density at radius 2 is 2.29 bits per heavy atom. The molecule has 114 valence electrons. The lowest BCUT2D eigenvalue weighted by atomic mass is 10.4. The van der Waals surface area contributed by atoms with Crippen molar-refractivity contribution in [3.63, 3.8) is 0 Å². The molecule has 0 saturated heterocycles. The monoisotopic (exact) mass is 352 g/mol. The van der Waals surface area contributed by atoms with Crippen LogP contribution in [0.3, 0.4) is 0 Å². The van der Waals surface area contributed by atoms with Gasteiger partial charge >= 0.3 is 0 Å². The summed E-state index contributed by atoms with van der Waals surface area (Å²) in [5.41, 5.74) is -0.436. The number of hydrogen-bond donors (Lipinski definition) is 1. The minimum absolute atomic E-state index is 0.0211. The highest BCUT2D eigenvalue weighted by molar-refractivity contribution is 7.91. The highest BCUT2D eigenvalue weighted by Gasteiger charge is 2.25. The van der Waals surface area contributed by atoms with Gasteiger partial charge in [0.05, 0.1) is 4.92 Å². The van der Waals surface area contributed by atoms with Crippen molar-refractivity contribution in [2.24, 2.45) is 0 Å². The van der Waals surface area contributed by atoms with E-state index < -0.39 is 20.6 Å². The van der Waals surface area contributed by atoms with E-state index in [1.54, 1.807) is 6.92 Å². The van der Waals surface area contributed by atoms with Crippen LogP contribution in [0.1, 0.15) is 11.7 Å². The predicted molar refractivity (Wildman–Crippen MR) is 73.9 cm³/mol. The molecule has 0 atom stereocenters. The molecule has 0 aliphatic heterocycles. The molecule has 9 nitrogen and oxygen atoms in total. The third-order valence-corrected chi connectivity index (χ3v) is 5.58. The standard InChI is InChI=1S/C9H9ClN4O5S2/c1-5-12-7(19-13-5)2-3-11-21(17,18)8-4-6(14(15)16)9(10)20-8/h4,11H,2-3H2,1H3. The van der Waals surface area contributed by atoms with E-state index in [-0.39, 0.29) is 21.5 Å². The molecule has 2 aromatic rings.